The Hall–Kier alpha value is -4.82. The summed E-state index contributed by atoms with van der Waals surface area (Å²) in [5.74, 6) is -0.367. The Morgan fingerprint density at radius 3 is 2.24 bits per heavy atom. The molecule has 0 spiro atoms. The second kappa shape index (κ2) is 15.1. The fourth-order valence-electron chi connectivity index (χ4n) is 3.72. The van der Waals surface area contributed by atoms with Gasteiger partial charge < -0.3 is 20.1 Å². The van der Waals surface area contributed by atoms with Gasteiger partial charge in [-0.05, 0) is 66.6 Å². The van der Waals surface area contributed by atoms with E-state index < -0.39 is 11.8 Å². The third-order valence-electron chi connectivity index (χ3n) is 5.72. The fourth-order valence-corrected chi connectivity index (χ4v) is 4.47. The van der Waals surface area contributed by atoms with Gasteiger partial charge in [-0.1, -0.05) is 66.7 Å². The average molecular weight is 567 g/mol. The molecule has 0 fully saturated rings. The summed E-state index contributed by atoms with van der Waals surface area (Å²) in [7, 11) is 0. The molecule has 0 aliphatic rings. The minimum absolute atomic E-state index is 0.0707. The standard InChI is InChI=1S/C33H30N2O5S/c1-2-39-31(36)23-41-29-15-9-14-27(21-29)34-33(38)30(35-32(37)26-12-7-4-8-13-26)20-24-16-18-28(19-17-24)40-22-25-10-5-3-6-11-25/h3-21H,2,22-23H2,1H3,(H,34,38)(H,35,37)/b30-20+. The molecule has 0 radical (unpaired) electrons. The van der Waals surface area contributed by atoms with Crippen molar-refractivity contribution in [3.63, 3.8) is 0 Å². The molecule has 0 saturated heterocycles. The van der Waals surface area contributed by atoms with Gasteiger partial charge in [-0.3, -0.25) is 14.4 Å². The molecule has 0 aliphatic heterocycles. The van der Waals surface area contributed by atoms with E-state index in [1.165, 1.54) is 11.8 Å². The molecule has 7 nitrogen and oxygen atoms in total. The monoisotopic (exact) mass is 566 g/mol. The van der Waals surface area contributed by atoms with Gasteiger partial charge in [0.15, 0.2) is 0 Å². The maximum atomic E-state index is 13.4. The Bertz CT molecular complexity index is 1490. The van der Waals surface area contributed by atoms with Crippen molar-refractivity contribution < 1.29 is 23.9 Å². The molecule has 2 N–H and O–H groups in total. The zero-order valence-electron chi connectivity index (χ0n) is 22.5. The van der Waals surface area contributed by atoms with Gasteiger partial charge in [0.2, 0.25) is 0 Å². The van der Waals surface area contributed by atoms with Gasteiger partial charge in [0, 0.05) is 16.1 Å². The van der Waals surface area contributed by atoms with Crippen LogP contribution in [0.25, 0.3) is 6.08 Å². The molecule has 2 amide bonds. The highest BCUT2D eigenvalue weighted by Crippen LogP contribution is 2.23. The van der Waals surface area contributed by atoms with Crippen LogP contribution in [0.1, 0.15) is 28.4 Å². The van der Waals surface area contributed by atoms with Gasteiger partial charge >= 0.3 is 5.97 Å². The number of carbonyl (C=O) groups excluding carboxylic acids is 3. The second-order valence-corrected chi connectivity index (χ2v) is 9.85. The maximum absolute atomic E-state index is 13.4. The summed E-state index contributed by atoms with van der Waals surface area (Å²) in [5.41, 5.74) is 2.78. The summed E-state index contributed by atoms with van der Waals surface area (Å²) >= 11 is 1.31. The second-order valence-electron chi connectivity index (χ2n) is 8.80. The van der Waals surface area contributed by atoms with Crippen molar-refractivity contribution in [3.8, 4) is 5.75 Å². The summed E-state index contributed by atoms with van der Waals surface area (Å²) in [4.78, 5) is 38.8. The number of rotatable bonds is 12. The van der Waals surface area contributed by atoms with E-state index in [4.69, 9.17) is 9.47 Å². The molecule has 0 aromatic heterocycles. The smallest absolute Gasteiger partial charge is 0.316 e. The molecule has 0 aliphatic carbocycles. The van der Waals surface area contributed by atoms with E-state index in [2.05, 4.69) is 10.6 Å². The minimum atomic E-state index is -0.494. The van der Waals surface area contributed by atoms with Crippen LogP contribution in [0.3, 0.4) is 0 Å². The van der Waals surface area contributed by atoms with E-state index in [0.29, 0.717) is 35.8 Å². The highest BCUT2D eigenvalue weighted by Gasteiger charge is 2.15. The quantitative estimate of drug-likeness (QED) is 0.118. The number of hydrogen-bond acceptors (Lipinski definition) is 6. The van der Waals surface area contributed by atoms with E-state index in [0.717, 1.165) is 10.5 Å². The number of benzene rings is 4. The van der Waals surface area contributed by atoms with Crippen LogP contribution >= 0.6 is 11.8 Å². The van der Waals surface area contributed by atoms with Crippen LogP contribution in [-0.4, -0.2) is 30.1 Å². The summed E-state index contributed by atoms with van der Waals surface area (Å²) < 4.78 is 10.8. The van der Waals surface area contributed by atoms with Crippen LogP contribution in [0.15, 0.2) is 120 Å². The number of anilines is 1. The minimum Gasteiger partial charge on any atom is -0.489 e. The third kappa shape index (κ3) is 9.40. The molecule has 4 aromatic rings. The number of carbonyl (C=O) groups is 3. The van der Waals surface area contributed by atoms with E-state index in [9.17, 15) is 14.4 Å². The lowest BCUT2D eigenvalue weighted by Gasteiger charge is -2.12. The first-order chi connectivity index (χ1) is 20.0. The van der Waals surface area contributed by atoms with Gasteiger partial charge in [0.1, 0.15) is 18.1 Å². The lowest BCUT2D eigenvalue weighted by molar-refractivity contribution is -0.139. The predicted molar refractivity (Wildman–Crippen MR) is 162 cm³/mol. The highest BCUT2D eigenvalue weighted by molar-refractivity contribution is 8.00. The van der Waals surface area contributed by atoms with Gasteiger partial charge in [0.05, 0.1) is 12.4 Å². The van der Waals surface area contributed by atoms with Crippen LogP contribution < -0.4 is 15.4 Å². The van der Waals surface area contributed by atoms with Crippen molar-refractivity contribution in [2.24, 2.45) is 0 Å². The van der Waals surface area contributed by atoms with E-state index in [1.54, 1.807) is 55.5 Å². The topological polar surface area (TPSA) is 93.7 Å². The predicted octanol–water partition coefficient (Wildman–Crippen LogP) is 6.33. The zero-order valence-corrected chi connectivity index (χ0v) is 23.4. The fraction of sp³-hybridized carbons (Fsp3) is 0.121. The van der Waals surface area contributed by atoms with Crippen molar-refractivity contribution in [1.82, 2.24) is 5.32 Å². The number of ether oxygens (including phenoxy) is 2. The first-order valence-electron chi connectivity index (χ1n) is 13.0. The highest BCUT2D eigenvalue weighted by atomic mass is 32.2. The summed E-state index contributed by atoms with van der Waals surface area (Å²) in [5, 5.41) is 5.59. The Morgan fingerprint density at radius 1 is 0.829 bits per heavy atom. The molecule has 0 unspecified atom stereocenters. The van der Waals surface area contributed by atoms with Crippen LogP contribution in [0.2, 0.25) is 0 Å². The molecule has 0 bridgehead atoms. The van der Waals surface area contributed by atoms with Gasteiger partial charge in [-0.15, -0.1) is 11.8 Å². The van der Waals surface area contributed by atoms with Crippen molar-refractivity contribution in [1.29, 1.82) is 0 Å². The van der Waals surface area contributed by atoms with Crippen LogP contribution in [0, 0.1) is 0 Å². The first-order valence-corrected chi connectivity index (χ1v) is 14.0. The van der Waals surface area contributed by atoms with Crippen LogP contribution in [0.5, 0.6) is 5.75 Å². The van der Waals surface area contributed by atoms with Gasteiger partial charge in [0.25, 0.3) is 11.8 Å². The number of nitrogens with one attached hydrogen (secondary N) is 2. The SMILES string of the molecule is CCOC(=O)CSc1cccc(NC(=O)/C(=C\c2ccc(OCc3ccccc3)cc2)NC(=O)c2ccccc2)c1. The molecule has 41 heavy (non-hydrogen) atoms. The van der Waals surface area contributed by atoms with Crippen LogP contribution in [-0.2, 0) is 20.9 Å². The molecule has 208 valence electrons. The van der Waals surface area contributed by atoms with E-state index in [1.807, 2.05) is 66.7 Å². The van der Waals surface area contributed by atoms with E-state index >= 15 is 0 Å². The molecular formula is C33H30N2O5S. The number of esters is 1. The third-order valence-corrected chi connectivity index (χ3v) is 6.69. The normalized spacial score (nSPS) is 10.9. The Labute approximate surface area is 243 Å². The lowest BCUT2D eigenvalue weighted by Crippen LogP contribution is -2.30. The number of hydrogen-bond donors (Lipinski definition) is 2. The van der Waals surface area contributed by atoms with Gasteiger partial charge in [-0.2, -0.15) is 0 Å². The largest absolute Gasteiger partial charge is 0.489 e. The number of amides is 2. The summed E-state index contributed by atoms with van der Waals surface area (Å²) in [6.45, 7) is 2.52. The molecule has 4 rings (SSSR count). The summed E-state index contributed by atoms with van der Waals surface area (Å²) in [6, 6.07) is 32.9. The maximum Gasteiger partial charge on any atom is 0.316 e. The van der Waals surface area contributed by atoms with Crippen molar-refractivity contribution in [2.75, 3.05) is 17.7 Å². The average Bonchev–Trinajstić information content (AvgIpc) is 3.00. The molecule has 0 atom stereocenters. The molecule has 8 heteroatoms. The Morgan fingerprint density at radius 2 is 1.54 bits per heavy atom. The van der Waals surface area contributed by atoms with Crippen molar-refractivity contribution in [3.05, 3.63) is 132 Å². The zero-order chi connectivity index (χ0) is 28.9. The van der Waals surface area contributed by atoms with Gasteiger partial charge in [-0.25, -0.2) is 0 Å². The molecule has 0 saturated carbocycles. The Kier molecular flexibility index (Phi) is 10.7. The van der Waals surface area contributed by atoms with E-state index in [-0.39, 0.29) is 17.4 Å². The van der Waals surface area contributed by atoms with Crippen molar-refractivity contribution in [2.45, 2.75) is 18.4 Å². The number of thioether (sulfide) groups is 1. The molecule has 4 aromatic carbocycles. The van der Waals surface area contributed by atoms with Crippen LogP contribution in [0.4, 0.5) is 5.69 Å². The molecular weight excluding hydrogens is 536 g/mol. The Balaban J connectivity index is 1.49. The molecule has 0 heterocycles. The lowest BCUT2D eigenvalue weighted by atomic mass is 10.1. The first kappa shape index (κ1) is 29.2. The van der Waals surface area contributed by atoms with Crippen molar-refractivity contribution >= 4 is 41.3 Å². The summed E-state index contributed by atoms with van der Waals surface area (Å²) in [6.07, 6.45) is 1.61.